The molecule has 0 heteroatoms. The molecular weight excluding hydrogens is 540 g/mol. The number of hydrogen-bond donors (Lipinski definition) is 0. The molecule has 1 aliphatic carbocycles. The van der Waals surface area contributed by atoms with Crippen LogP contribution in [0.1, 0.15) is 25.0 Å². The molecule has 0 saturated carbocycles. The van der Waals surface area contributed by atoms with Crippen molar-refractivity contribution in [2.75, 3.05) is 0 Å². The lowest BCUT2D eigenvalue weighted by Gasteiger charge is -2.21. The average molecular weight is 573 g/mol. The third-order valence-corrected chi connectivity index (χ3v) is 10.1. The Bertz CT molecular complexity index is 2380. The van der Waals surface area contributed by atoms with E-state index in [4.69, 9.17) is 0 Å². The Kier molecular flexibility index (Phi) is 5.64. The highest BCUT2D eigenvalue weighted by molar-refractivity contribution is 6.21. The van der Waals surface area contributed by atoms with E-state index >= 15 is 0 Å². The van der Waals surface area contributed by atoms with Crippen LogP contribution in [0.15, 0.2) is 158 Å². The minimum absolute atomic E-state index is 0.00745. The van der Waals surface area contributed by atoms with Crippen LogP contribution in [-0.2, 0) is 5.41 Å². The molecule has 0 nitrogen and oxygen atoms in total. The molecule has 0 bridgehead atoms. The minimum Gasteiger partial charge on any atom is -0.0619 e. The van der Waals surface area contributed by atoms with Gasteiger partial charge in [-0.25, -0.2) is 0 Å². The lowest BCUT2D eigenvalue weighted by molar-refractivity contribution is 0.660. The van der Waals surface area contributed by atoms with Crippen LogP contribution in [-0.4, -0.2) is 0 Å². The smallest absolute Gasteiger partial charge is 0.0159 e. The molecule has 0 fully saturated rings. The van der Waals surface area contributed by atoms with Gasteiger partial charge in [0.25, 0.3) is 0 Å². The molecule has 0 aliphatic heterocycles. The normalized spacial score (nSPS) is 13.3. The highest BCUT2D eigenvalue weighted by atomic mass is 14.4. The fraction of sp³-hybridized carbons (Fsp3) is 0.0667. The Morgan fingerprint density at radius 3 is 1.51 bits per heavy atom. The average Bonchev–Trinajstić information content (AvgIpc) is 3.33. The zero-order chi connectivity index (χ0) is 30.1. The Labute approximate surface area is 264 Å². The summed E-state index contributed by atoms with van der Waals surface area (Å²) in [5.41, 5.74) is 13.2. The van der Waals surface area contributed by atoms with Gasteiger partial charge < -0.3 is 0 Å². The van der Waals surface area contributed by atoms with Crippen LogP contribution in [0.25, 0.3) is 76.8 Å². The second-order valence-electron chi connectivity index (χ2n) is 12.9. The quantitative estimate of drug-likeness (QED) is 0.185. The lowest BCUT2D eigenvalue weighted by Crippen LogP contribution is -2.14. The maximum atomic E-state index is 2.35. The van der Waals surface area contributed by atoms with Gasteiger partial charge in [-0.1, -0.05) is 166 Å². The highest BCUT2D eigenvalue weighted by Crippen LogP contribution is 2.52. The number of fused-ring (bicyclic) bond motifs is 6. The first-order valence-corrected chi connectivity index (χ1v) is 15.9. The molecule has 8 aromatic carbocycles. The molecule has 9 rings (SSSR count). The van der Waals surface area contributed by atoms with Gasteiger partial charge in [-0.15, -0.1) is 0 Å². The van der Waals surface area contributed by atoms with Crippen molar-refractivity contribution in [3.63, 3.8) is 0 Å². The van der Waals surface area contributed by atoms with Gasteiger partial charge in [-0.2, -0.15) is 0 Å². The Morgan fingerprint density at radius 2 is 0.822 bits per heavy atom. The maximum Gasteiger partial charge on any atom is 0.0159 e. The van der Waals surface area contributed by atoms with Gasteiger partial charge in [0.05, 0.1) is 0 Å². The standard InChI is InChI=1S/C45H32/c1-45(2)40-20-10-9-18-39(40)44-34(19-11-21-41(44)45)30-23-25-31(26-24-30)42-35-14-5-7-16-37(35)43(38-17-8-6-15-36(38)42)33-27-22-29-12-3-4-13-32(29)28-33/h3-28H,1-2H3. The van der Waals surface area contributed by atoms with Crippen molar-refractivity contribution >= 4 is 32.3 Å². The van der Waals surface area contributed by atoms with Crippen molar-refractivity contribution in [1.29, 1.82) is 0 Å². The molecule has 0 aromatic heterocycles. The van der Waals surface area contributed by atoms with Crippen molar-refractivity contribution in [3.05, 3.63) is 169 Å². The molecule has 0 unspecified atom stereocenters. The third-order valence-electron chi connectivity index (χ3n) is 10.1. The molecule has 0 N–H and O–H groups in total. The van der Waals surface area contributed by atoms with Crippen molar-refractivity contribution in [2.45, 2.75) is 19.3 Å². The maximum absolute atomic E-state index is 2.35. The molecule has 0 heterocycles. The molecule has 0 radical (unpaired) electrons. The van der Waals surface area contributed by atoms with E-state index in [1.807, 2.05) is 0 Å². The van der Waals surface area contributed by atoms with Crippen molar-refractivity contribution in [3.8, 4) is 44.5 Å². The van der Waals surface area contributed by atoms with Gasteiger partial charge in [-0.05, 0) is 94.0 Å². The summed E-state index contributed by atoms with van der Waals surface area (Å²) in [6.45, 7) is 4.70. The Balaban J connectivity index is 1.24. The predicted molar refractivity (Wildman–Crippen MR) is 193 cm³/mol. The van der Waals surface area contributed by atoms with Gasteiger partial charge in [0.15, 0.2) is 0 Å². The lowest BCUT2D eigenvalue weighted by atomic mass is 9.82. The van der Waals surface area contributed by atoms with Crippen LogP contribution < -0.4 is 0 Å². The molecule has 0 spiro atoms. The zero-order valence-electron chi connectivity index (χ0n) is 25.5. The topological polar surface area (TPSA) is 0 Å². The van der Waals surface area contributed by atoms with E-state index in [2.05, 4.69) is 172 Å². The van der Waals surface area contributed by atoms with Crippen LogP contribution in [0.3, 0.4) is 0 Å². The molecular formula is C45H32. The van der Waals surface area contributed by atoms with E-state index in [1.54, 1.807) is 0 Å². The summed E-state index contributed by atoms with van der Waals surface area (Å²) >= 11 is 0. The van der Waals surface area contributed by atoms with Crippen molar-refractivity contribution in [1.82, 2.24) is 0 Å². The fourth-order valence-corrected chi connectivity index (χ4v) is 7.91. The van der Waals surface area contributed by atoms with Crippen LogP contribution in [0.4, 0.5) is 0 Å². The molecule has 0 saturated heterocycles. The summed E-state index contributed by atoms with van der Waals surface area (Å²) in [5.74, 6) is 0. The summed E-state index contributed by atoms with van der Waals surface area (Å²) in [4.78, 5) is 0. The van der Waals surface area contributed by atoms with E-state index in [1.165, 1.54) is 88.0 Å². The summed E-state index contributed by atoms with van der Waals surface area (Å²) in [6, 6.07) is 58.4. The summed E-state index contributed by atoms with van der Waals surface area (Å²) in [5, 5.41) is 7.66. The summed E-state index contributed by atoms with van der Waals surface area (Å²) in [7, 11) is 0. The number of hydrogen-bond acceptors (Lipinski definition) is 0. The SMILES string of the molecule is CC1(C)c2ccccc2-c2c(-c3ccc(-c4c5ccccc5c(-c5ccc6ccccc6c5)c5ccccc45)cc3)cccc21. The van der Waals surface area contributed by atoms with Crippen LogP contribution >= 0.6 is 0 Å². The highest BCUT2D eigenvalue weighted by Gasteiger charge is 2.36. The van der Waals surface area contributed by atoms with E-state index < -0.39 is 0 Å². The molecule has 8 aromatic rings. The second-order valence-corrected chi connectivity index (χ2v) is 12.9. The molecule has 212 valence electrons. The first-order chi connectivity index (χ1) is 22.1. The predicted octanol–water partition coefficient (Wildman–Crippen LogP) is 12.5. The van der Waals surface area contributed by atoms with Crippen LogP contribution in [0, 0.1) is 0 Å². The van der Waals surface area contributed by atoms with E-state index in [0.717, 1.165) is 0 Å². The van der Waals surface area contributed by atoms with E-state index in [0.29, 0.717) is 0 Å². The minimum atomic E-state index is -0.00745. The number of rotatable bonds is 3. The third kappa shape index (κ3) is 3.85. The van der Waals surface area contributed by atoms with E-state index in [-0.39, 0.29) is 5.41 Å². The summed E-state index contributed by atoms with van der Waals surface area (Å²) in [6.07, 6.45) is 0. The Hall–Kier alpha value is -5.46. The number of benzene rings is 8. The van der Waals surface area contributed by atoms with Gasteiger partial charge in [-0.3, -0.25) is 0 Å². The zero-order valence-corrected chi connectivity index (χ0v) is 25.5. The van der Waals surface area contributed by atoms with Gasteiger partial charge in [0, 0.05) is 5.41 Å². The van der Waals surface area contributed by atoms with Crippen LogP contribution in [0.2, 0.25) is 0 Å². The molecule has 45 heavy (non-hydrogen) atoms. The van der Waals surface area contributed by atoms with Gasteiger partial charge in [0.2, 0.25) is 0 Å². The first-order valence-electron chi connectivity index (χ1n) is 15.9. The largest absolute Gasteiger partial charge is 0.0619 e. The second kappa shape index (κ2) is 9.78. The fourth-order valence-electron chi connectivity index (χ4n) is 7.91. The first kappa shape index (κ1) is 26.0. The van der Waals surface area contributed by atoms with Crippen LogP contribution in [0.5, 0.6) is 0 Å². The summed E-state index contributed by atoms with van der Waals surface area (Å²) < 4.78 is 0. The van der Waals surface area contributed by atoms with Crippen molar-refractivity contribution in [2.24, 2.45) is 0 Å². The van der Waals surface area contributed by atoms with Gasteiger partial charge >= 0.3 is 0 Å². The monoisotopic (exact) mass is 572 g/mol. The Morgan fingerprint density at radius 1 is 0.333 bits per heavy atom. The van der Waals surface area contributed by atoms with Gasteiger partial charge in [0.1, 0.15) is 0 Å². The molecule has 0 amide bonds. The van der Waals surface area contributed by atoms with E-state index in [9.17, 15) is 0 Å². The van der Waals surface area contributed by atoms with Crippen molar-refractivity contribution < 1.29 is 0 Å². The molecule has 1 aliphatic rings. The molecule has 0 atom stereocenters.